The molecule has 4 heteroatoms. The highest BCUT2D eigenvalue weighted by Gasteiger charge is 2.30. The molecular weight excluding hydrogens is 256 g/mol. The van der Waals surface area contributed by atoms with E-state index in [9.17, 15) is 0 Å². The summed E-state index contributed by atoms with van der Waals surface area (Å²) in [6, 6.07) is 5.91. The SMILES string of the molecule is CCOc1cccc(NCC2(SC)CCCCC2)n1. The Labute approximate surface area is 120 Å². The molecule has 0 radical (unpaired) electrons. The molecule has 0 spiro atoms. The van der Waals surface area contributed by atoms with Gasteiger partial charge in [-0.15, -0.1) is 0 Å². The lowest BCUT2D eigenvalue weighted by Crippen LogP contribution is -2.35. The second-order valence-electron chi connectivity index (χ2n) is 5.10. The van der Waals surface area contributed by atoms with Crippen molar-refractivity contribution in [3.63, 3.8) is 0 Å². The topological polar surface area (TPSA) is 34.1 Å². The number of pyridine rings is 1. The van der Waals surface area contributed by atoms with E-state index in [0.717, 1.165) is 12.4 Å². The second kappa shape index (κ2) is 7.04. The van der Waals surface area contributed by atoms with Gasteiger partial charge in [-0.05, 0) is 32.1 Å². The summed E-state index contributed by atoms with van der Waals surface area (Å²) in [5, 5.41) is 3.49. The molecule has 0 atom stereocenters. The Morgan fingerprint density at radius 3 is 2.79 bits per heavy atom. The molecule has 1 N–H and O–H groups in total. The van der Waals surface area contributed by atoms with Gasteiger partial charge in [-0.1, -0.05) is 25.3 Å². The maximum Gasteiger partial charge on any atom is 0.215 e. The lowest BCUT2D eigenvalue weighted by Gasteiger charge is -2.36. The van der Waals surface area contributed by atoms with Gasteiger partial charge in [0.15, 0.2) is 0 Å². The monoisotopic (exact) mass is 280 g/mol. The summed E-state index contributed by atoms with van der Waals surface area (Å²) in [4.78, 5) is 4.47. The Hall–Kier alpha value is -0.900. The molecule has 1 heterocycles. The summed E-state index contributed by atoms with van der Waals surface area (Å²) in [7, 11) is 0. The molecule has 0 amide bonds. The van der Waals surface area contributed by atoms with E-state index in [0.29, 0.717) is 17.2 Å². The van der Waals surface area contributed by atoms with Crippen molar-refractivity contribution in [2.75, 3.05) is 24.7 Å². The average Bonchev–Trinajstić information content (AvgIpc) is 2.47. The molecule has 0 saturated heterocycles. The van der Waals surface area contributed by atoms with E-state index in [1.54, 1.807) is 0 Å². The van der Waals surface area contributed by atoms with Crippen LogP contribution < -0.4 is 10.1 Å². The lowest BCUT2D eigenvalue weighted by molar-refractivity contribution is 0.327. The van der Waals surface area contributed by atoms with Crippen LogP contribution in [-0.2, 0) is 0 Å². The molecule has 1 saturated carbocycles. The maximum absolute atomic E-state index is 5.43. The predicted octanol–water partition coefficient (Wildman–Crippen LogP) is 3.96. The summed E-state index contributed by atoms with van der Waals surface area (Å²) in [5.74, 6) is 1.62. The lowest BCUT2D eigenvalue weighted by atomic mass is 9.88. The first-order valence-corrected chi connectivity index (χ1v) is 8.39. The maximum atomic E-state index is 5.43. The van der Waals surface area contributed by atoms with E-state index in [4.69, 9.17) is 4.74 Å². The predicted molar refractivity (Wildman–Crippen MR) is 83.2 cm³/mol. The smallest absolute Gasteiger partial charge is 0.215 e. The number of anilines is 1. The summed E-state index contributed by atoms with van der Waals surface area (Å²) in [5.41, 5.74) is 0. The standard InChI is InChI=1S/C15H24N2OS/c1-3-18-14-9-7-8-13(17-14)16-12-15(19-2)10-5-4-6-11-15/h7-9H,3-6,10-12H2,1-2H3,(H,16,17). The summed E-state index contributed by atoms with van der Waals surface area (Å²) >= 11 is 2.01. The molecule has 19 heavy (non-hydrogen) atoms. The molecule has 1 aromatic heterocycles. The van der Waals surface area contributed by atoms with Gasteiger partial charge < -0.3 is 10.1 Å². The van der Waals surface area contributed by atoms with Crippen LogP contribution in [0.15, 0.2) is 18.2 Å². The normalized spacial score (nSPS) is 18.0. The van der Waals surface area contributed by atoms with Crippen LogP contribution in [0.4, 0.5) is 5.82 Å². The Morgan fingerprint density at radius 1 is 1.32 bits per heavy atom. The van der Waals surface area contributed by atoms with Crippen LogP contribution in [0.5, 0.6) is 5.88 Å². The van der Waals surface area contributed by atoms with Crippen molar-refractivity contribution in [3.8, 4) is 5.88 Å². The third-order valence-corrected chi connectivity index (χ3v) is 5.22. The molecule has 1 aliphatic rings. The van der Waals surface area contributed by atoms with Gasteiger partial charge in [-0.25, -0.2) is 0 Å². The molecule has 1 fully saturated rings. The number of hydrogen-bond acceptors (Lipinski definition) is 4. The van der Waals surface area contributed by atoms with Crippen LogP contribution in [0.1, 0.15) is 39.0 Å². The van der Waals surface area contributed by atoms with Crippen LogP contribution in [0.3, 0.4) is 0 Å². The van der Waals surface area contributed by atoms with Crippen molar-refractivity contribution in [2.45, 2.75) is 43.8 Å². The fraction of sp³-hybridized carbons (Fsp3) is 0.667. The number of nitrogens with zero attached hydrogens (tertiary/aromatic N) is 1. The minimum Gasteiger partial charge on any atom is -0.478 e. The van der Waals surface area contributed by atoms with Crippen LogP contribution in [0.25, 0.3) is 0 Å². The van der Waals surface area contributed by atoms with Crippen LogP contribution in [0.2, 0.25) is 0 Å². The van der Waals surface area contributed by atoms with Gasteiger partial charge >= 0.3 is 0 Å². The van der Waals surface area contributed by atoms with Gasteiger partial charge in [0.05, 0.1) is 6.61 Å². The van der Waals surface area contributed by atoms with E-state index < -0.39 is 0 Å². The molecule has 0 bridgehead atoms. The molecule has 2 rings (SSSR count). The van der Waals surface area contributed by atoms with E-state index in [2.05, 4.69) is 16.6 Å². The van der Waals surface area contributed by atoms with Gasteiger partial charge in [-0.2, -0.15) is 16.7 Å². The highest BCUT2D eigenvalue weighted by Crippen LogP contribution is 2.38. The highest BCUT2D eigenvalue weighted by atomic mass is 32.2. The van der Waals surface area contributed by atoms with E-state index in [1.807, 2.05) is 36.9 Å². The second-order valence-corrected chi connectivity index (χ2v) is 6.37. The number of ether oxygens (including phenoxy) is 1. The molecule has 106 valence electrons. The van der Waals surface area contributed by atoms with Crippen molar-refractivity contribution >= 4 is 17.6 Å². The Morgan fingerprint density at radius 2 is 2.11 bits per heavy atom. The number of thioether (sulfide) groups is 1. The first kappa shape index (κ1) is 14.5. The zero-order valence-corrected chi connectivity index (χ0v) is 12.8. The van der Waals surface area contributed by atoms with Crippen LogP contribution in [0, 0.1) is 0 Å². The van der Waals surface area contributed by atoms with E-state index in [-0.39, 0.29) is 0 Å². The quantitative estimate of drug-likeness (QED) is 0.855. The molecule has 0 aromatic carbocycles. The summed E-state index contributed by atoms with van der Waals surface area (Å²) < 4.78 is 5.82. The van der Waals surface area contributed by atoms with E-state index >= 15 is 0 Å². The van der Waals surface area contributed by atoms with Gasteiger partial charge in [0, 0.05) is 17.4 Å². The van der Waals surface area contributed by atoms with Crippen LogP contribution >= 0.6 is 11.8 Å². The molecular formula is C15H24N2OS. The zero-order chi connectivity index (χ0) is 13.6. The van der Waals surface area contributed by atoms with Gasteiger partial charge in [0.2, 0.25) is 5.88 Å². The number of nitrogens with one attached hydrogen (secondary N) is 1. The van der Waals surface area contributed by atoms with Gasteiger partial charge in [0.25, 0.3) is 0 Å². The zero-order valence-electron chi connectivity index (χ0n) is 11.9. The first-order chi connectivity index (χ1) is 9.28. The molecule has 1 aliphatic carbocycles. The van der Waals surface area contributed by atoms with Crippen molar-refractivity contribution in [3.05, 3.63) is 18.2 Å². The third kappa shape index (κ3) is 4.03. The minimum atomic E-state index is 0.390. The minimum absolute atomic E-state index is 0.390. The van der Waals surface area contributed by atoms with Crippen molar-refractivity contribution in [2.24, 2.45) is 0 Å². The summed E-state index contributed by atoms with van der Waals surface area (Å²) in [6.45, 7) is 3.63. The number of hydrogen-bond donors (Lipinski definition) is 1. The summed E-state index contributed by atoms with van der Waals surface area (Å²) in [6.07, 6.45) is 8.96. The van der Waals surface area contributed by atoms with Gasteiger partial charge in [0.1, 0.15) is 5.82 Å². The largest absolute Gasteiger partial charge is 0.478 e. The Kier molecular flexibility index (Phi) is 5.37. The molecule has 1 aromatic rings. The molecule has 0 unspecified atom stereocenters. The Balaban J connectivity index is 1.94. The van der Waals surface area contributed by atoms with Crippen molar-refractivity contribution in [1.29, 1.82) is 0 Å². The molecule has 3 nitrogen and oxygen atoms in total. The highest BCUT2D eigenvalue weighted by molar-refractivity contribution is 8.00. The first-order valence-electron chi connectivity index (χ1n) is 7.17. The van der Waals surface area contributed by atoms with Crippen molar-refractivity contribution < 1.29 is 4.74 Å². The van der Waals surface area contributed by atoms with E-state index in [1.165, 1.54) is 32.1 Å². The average molecular weight is 280 g/mol. The molecule has 0 aliphatic heterocycles. The fourth-order valence-corrected chi connectivity index (χ4v) is 3.56. The van der Waals surface area contributed by atoms with Crippen molar-refractivity contribution in [1.82, 2.24) is 4.98 Å². The number of rotatable bonds is 6. The third-order valence-electron chi connectivity index (χ3n) is 3.81. The van der Waals surface area contributed by atoms with Gasteiger partial charge in [-0.3, -0.25) is 0 Å². The Bertz CT molecular complexity index is 391. The fourth-order valence-electron chi connectivity index (χ4n) is 2.64. The van der Waals surface area contributed by atoms with Crippen LogP contribution in [-0.4, -0.2) is 29.1 Å². The number of aromatic nitrogens is 1.